The van der Waals surface area contributed by atoms with Crippen LogP contribution < -0.4 is 16.0 Å². The van der Waals surface area contributed by atoms with Crippen LogP contribution in [0.3, 0.4) is 0 Å². The summed E-state index contributed by atoms with van der Waals surface area (Å²) < 4.78 is 5.65. The van der Waals surface area contributed by atoms with Gasteiger partial charge in [-0.15, -0.1) is 0 Å². The van der Waals surface area contributed by atoms with Crippen molar-refractivity contribution in [3.05, 3.63) is 41.7 Å². The largest absolute Gasteiger partial charge is 0.439 e. The lowest BCUT2D eigenvalue weighted by molar-refractivity contribution is 0.281. The lowest BCUT2D eigenvalue weighted by Gasteiger charge is -2.08. The fourth-order valence-electron chi connectivity index (χ4n) is 1.59. The van der Waals surface area contributed by atoms with Crippen molar-refractivity contribution in [3.8, 4) is 11.6 Å². The number of hydrazine groups is 1. The van der Waals surface area contributed by atoms with Gasteiger partial charge in [0.15, 0.2) is 0 Å². The summed E-state index contributed by atoms with van der Waals surface area (Å²) in [5.41, 5.74) is 3.26. The lowest BCUT2D eigenvalue weighted by Crippen LogP contribution is -2.10. The first-order chi connectivity index (χ1) is 9.25. The molecule has 6 nitrogen and oxygen atoms in total. The maximum atomic E-state index is 9.08. The number of anilines is 1. The van der Waals surface area contributed by atoms with E-state index >= 15 is 0 Å². The van der Waals surface area contributed by atoms with Gasteiger partial charge in [-0.2, -0.15) is 4.98 Å². The summed E-state index contributed by atoms with van der Waals surface area (Å²) in [4.78, 5) is 8.44. The van der Waals surface area contributed by atoms with Crippen LogP contribution in [-0.2, 0) is 13.0 Å². The predicted molar refractivity (Wildman–Crippen MR) is 71.7 cm³/mol. The number of nitrogens with one attached hydrogen (secondary N) is 1. The van der Waals surface area contributed by atoms with Gasteiger partial charge in [0.1, 0.15) is 17.4 Å². The minimum Gasteiger partial charge on any atom is -0.439 e. The molecule has 1 heterocycles. The van der Waals surface area contributed by atoms with Crippen molar-refractivity contribution in [2.45, 2.75) is 20.0 Å². The molecule has 6 heteroatoms. The predicted octanol–water partition coefficient (Wildman–Crippen LogP) is 1.61. The van der Waals surface area contributed by atoms with Gasteiger partial charge in [0.05, 0.1) is 6.61 Å². The average molecular weight is 260 g/mol. The van der Waals surface area contributed by atoms with Crippen LogP contribution in [0, 0.1) is 0 Å². The highest BCUT2D eigenvalue weighted by Gasteiger charge is 2.05. The van der Waals surface area contributed by atoms with Crippen LogP contribution in [0.25, 0.3) is 0 Å². The van der Waals surface area contributed by atoms with Crippen molar-refractivity contribution in [1.82, 2.24) is 9.97 Å². The highest BCUT2D eigenvalue weighted by molar-refractivity contribution is 5.39. The first kappa shape index (κ1) is 13.3. The number of nitrogens with zero attached hydrogens (tertiary/aromatic N) is 2. The normalized spacial score (nSPS) is 10.3. The zero-order chi connectivity index (χ0) is 13.7. The second kappa shape index (κ2) is 6.12. The molecule has 4 N–H and O–H groups in total. The van der Waals surface area contributed by atoms with Gasteiger partial charge in [0, 0.05) is 12.5 Å². The number of hydrogen-bond donors (Lipinski definition) is 3. The number of aliphatic hydroxyl groups is 1. The third kappa shape index (κ3) is 3.40. The number of rotatable bonds is 5. The highest BCUT2D eigenvalue weighted by Crippen LogP contribution is 2.22. The summed E-state index contributed by atoms with van der Waals surface area (Å²) >= 11 is 0. The molecule has 0 bridgehead atoms. The van der Waals surface area contributed by atoms with E-state index < -0.39 is 0 Å². The van der Waals surface area contributed by atoms with Crippen molar-refractivity contribution in [1.29, 1.82) is 0 Å². The van der Waals surface area contributed by atoms with Crippen LogP contribution in [0.1, 0.15) is 18.3 Å². The molecule has 2 aromatic rings. The summed E-state index contributed by atoms with van der Waals surface area (Å²) in [5, 5.41) is 9.08. The van der Waals surface area contributed by atoms with Crippen LogP contribution in [0.2, 0.25) is 0 Å². The van der Waals surface area contributed by atoms with E-state index in [2.05, 4.69) is 15.4 Å². The molecule has 0 radical (unpaired) electrons. The Hall–Kier alpha value is -2.18. The number of aryl methyl sites for hydroxylation is 1. The summed E-state index contributed by atoms with van der Waals surface area (Å²) in [6.07, 6.45) is 0.683. The smallest absolute Gasteiger partial charge is 0.224 e. The van der Waals surface area contributed by atoms with Gasteiger partial charge >= 0.3 is 0 Å². The van der Waals surface area contributed by atoms with Gasteiger partial charge < -0.3 is 15.3 Å². The Morgan fingerprint density at radius 1 is 1.32 bits per heavy atom. The van der Waals surface area contributed by atoms with Gasteiger partial charge in [-0.3, -0.25) is 0 Å². The molecular weight excluding hydrogens is 244 g/mol. The van der Waals surface area contributed by atoms with Gasteiger partial charge in [0.25, 0.3) is 0 Å². The maximum absolute atomic E-state index is 9.08. The molecule has 19 heavy (non-hydrogen) atoms. The number of aliphatic hydroxyl groups excluding tert-OH is 1. The zero-order valence-electron chi connectivity index (χ0n) is 10.6. The molecule has 1 aromatic heterocycles. The first-order valence-corrected chi connectivity index (χ1v) is 5.97. The van der Waals surface area contributed by atoms with Gasteiger partial charge in [-0.25, -0.2) is 10.8 Å². The Bertz CT molecular complexity index is 538. The van der Waals surface area contributed by atoms with E-state index in [4.69, 9.17) is 15.7 Å². The molecule has 100 valence electrons. The Labute approximate surface area is 111 Å². The van der Waals surface area contributed by atoms with E-state index in [1.54, 1.807) is 18.2 Å². The Morgan fingerprint density at radius 3 is 2.84 bits per heavy atom. The van der Waals surface area contributed by atoms with Crippen molar-refractivity contribution in [2.24, 2.45) is 5.84 Å². The second-order valence-electron chi connectivity index (χ2n) is 3.91. The Kier molecular flexibility index (Phi) is 4.27. The Morgan fingerprint density at radius 2 is 2.16 bits per heavy atom. The number of hydrogen-bond acceptors (Lipinski definition) is 6. The van der Waals surface area contributed by atoms with Crippen LogP contribution in [0.5, 0.6) is 11.6 Å². The van der Waals surface area contributed by atoms with Gasteiger partial charge in [-0.05, 0) is 17.7 Å². The number of benzene rings is 1. The van der Waals surface area contributed by atoms with Crippen molar-refractivity contribution in [2.75, 3.05) is 5.43 Å². The van der Waals surface area contributed by atoms with E-state index in [-0.39, 0.29) is 6.61 Å². The molecule has 0 amide bonds. The average Bonchev–Trinajstić information content (AvgIpc) is 2.47. The molecular formula is C13H16N4O2. The number of nitrogens with two attached hydrogens (primary N) is 1. The maximum Gasteiger partial charge on any atom is 0.224 e. The molecule has 2 rings (SSSR count). The minimum absolute atomic E-state index is 0.0310. The fourth-order valence-corrected chi connectivity index (χ4v) is 1.59. The summed E-state index contributed by atoms with van der Waals surface area (Å²) in [6.45, 7) is 1.92. The molecule has 0 aliphatic heterocycles. The number of ether oxygens (including phenoxy) is 1. The summed E-state index contributed by atoms with van der Waals surface area (Å²) in [7, 11) is 0. The van der Waals surface area contributed by atoms with Crippen molar-refractivity contribution < 1.29 is 9.84 Å². The second-order valence-corrected chi connectivity index (χ2v) is 3.91. The first-order valence-electron chi connectivity index (χ1n) is 5.97. The molecule has 0 saturated carbocycles. The summed E-state index contributed by atoms with van der Waals surface area (Å²) in [6, 6.07) is 8.79. The van der Waals surface area contributed by atoms with E-state index in [1.807, 2.05) is 19.1 Å². The molecule has 0 aliphatic rings. The fraction of sp³-hybridized carbons (Fsp3) is 0.231. The summed E-state index contributed by atoms with van der Waals surface area (Å²) in [5.74, 6) is 7.51. The third-order valence-electron chi connectivity index (χ3n) is 2.52. The minimum atomic E-state index is -0.0310. The van der Waals surface area contributed by atoms with E-state index in [1.165, 1.54) is 0 Å². The third-order valence-corrected chi connectivity index (χ3v) is 2.52. The van der Waals surface area contributed by atoms with Gasteiger partial charge in [0.2, 0.25) is 5.88 Å². The van der Waals surface area contributed by atoms with E-state index in [9.17, 15) is 0 Å². The molecule has 1 aromatic carbocycles. The SMILES string of the molecule is CCc1nc(NN)cc(Oc2cccc(CO)c2)n1. The zero-order valence-corrected chi connectivity index (χ0v) is 10.6. The van der Waals surface area contributed by atoms with Crippen molar-refractivity contribution in [3.63, 3.8) is 0 Å². The quantitative estimate of drug-likeness (QED) is 0.558. The van der Waals surface area contributed by atoms with Gasteiger partial charge in [-0.1, -0.05) is 19.1 Å². The molecule has 0 fully saturated rings. The highest BCUT2D eigenvalue weighted by atomic mass is 16.5. The number of nitrogen functional groups attached to an aromatic ring is 1. The van der Waals surface area contributed by atoms with E-state index in [0.717, 1.165) is 5.56 Å². The number of aromatic nitrogens is 2. The molecule has 0 spiro atoms. The van der Waals surface area contributed by atoms with Crippen LogP contribution in [0.4, 0.5) is 5.82 Å². The molecule has 0 aliphatic carbocycles. The standard InChI is InChI=1S/C13H16N4O2/c1-2-11-15-12(17-14)7-13(16-11)19-10-5-3-4-9(6-10)8-18/h3-7,18H,2,8,14H2,1H3,(H,15,16,17). The van der Waals surface area contributed by atoms with Crippen molar-refractivity contribution >= 4 is 5.82 Å². The Balaban J connectivity index is 2.26. The van der Waals surface area contributed by atoms with E-state index in [0.29, 0.717) is 29.7 Å². The lowest BCUT2D eigenvalue weighted by atomic mass is 10.2. The monoisotopic (exact) mass is 260 g/mol. The molecule has 0 atom stereocenters. The van der Waals surface area contributed by atoms with Crippen LogP contribution in [0.15, 0.2) is 30.3 Å². The molecule has 0 saturated heterocycles. The topological polar surface area (TPSA) is 93.3 Å². The van der Waals surface area contributed by atoms with Crippen LogP contribution >= 0.6 is 0 Å². The molecule has 0 unspecified atom stereocenters. The van der Waals surface area contributed by atoms with Crippen LogP contribution in [-0.4, -0.2) is 15.1 Å².